The molecule has 0 aromatic heterocycles. The number of benzene rings is 1. The summed E-state index contributed by atoms with van der Waals surface area (Å²) < 4.78 is 17.3. The first kappa shape index (κ1) is 28.3. The van der Waals surface area contributed by atoms with E-state index >= 15 is 0 Å². The summed E-state index contributed by atoms with van der Waals surface area (Å²) in [6.45, 7) is 4.21. The van der Waals surface area contributed by atoms with Gasteiger partial charge in [0.2, 0.25) is 0 Å². The molecule has 0 atom stereocenters. The maximum absolute atomic E-state index is 11.7. The minimum atomic E-state index is -0.373. The van der Waals surface area contributed by atoms with E-state index in [2.05, 4.69) is 11.4 Å². The highest BCUT2D eigenvalue weighted by molar-refractivity contribution is 5.67. The number of nitrogens with one attached hydrogen (secondary N) is 1. The van der Waals surface area contributed by atoms with E-state index in [1.807, 2.05) is 26.0 Å². The second-order valence-electron chi connectivity index (χ2n) is 10.0. The summed E-state index contributed by atoms with van der Waals surface area (Å²) >= 11 is 0. The zero-order chi connectivity index (χ0) is 24.4. The number of methoxy groups -OCH3 is 1. The minimum absolute atomic E-state index is 0.115. The fraction of sp³-hybridized carbons (Fsp3) is 0.759. The molecule has 1 aliphatic carbocycles. The Bertz CT molecular complexity index is 660. The molecule has 0 bridgehead atoms. The zero-order valence-electron chi connectivity index (χ0n) is 22.0. The molecular weight excluding hydrogens is 426 g/mol. The van der Waals surface area contributed by atoms with Crippen molar-refractivity contribution in [3.05, 3.63) is 23.8 Å². The van der Waals surface area contributed by atoms with Gasteiger partial charge in [-0.05, 0) is 63.6 Å². The molecule has 194 valence electrons. The third-order valence-corrected chi connectivity index (χ3v) is 6.60. The van der Waals surface area contributed by atoms with Crippen LogP contribution in [0.3, 0.4) is 0 Å². The Morgan fingerprint density at radius 1 is 0.853 bits per heavy atom. The van der Waals surface area contributed by atoms with Gasteiger partial charge in [0.1, 0.15) is 0 Å². The van der Waals surface area contributed by atoms with E-state index in [1.54, 1.807) is 7.11 Å². The van der Waals surface area contributed by atoms with Crippen LogP contribution in [0.1, 0.15) is 116 Å². The molecule has 0 aliphatic heterocycles. The Hall–Kier alpha value is -1.91. The van der Waals surface area contributed by atoms with Crippen LogP contribution < -0.4 is 14.8 Å². The fourth-order valence-electron chi connectivity index (χ4n) is 4.66. The van der Waals surface area contributed by atoms with Crippen molar-refractivity contribution in [2.24, 2.45) is 0 Å². The molecule has 0 radical (unpaired) electrons. The topological polar surface area (TPSA) is 56.8 Å². The summed E-state index contributed by atoms with van der Waals surface area (Å²) in [4.78, 5) is 11.7. The van der Waals surface area contributed by atoms with Crippen molar-refractivity contribution in [2.45, 2.75) is 129 Å². The molecule has 1 amide bonds. The lowest BCUT2D eigenvalue weighted by atomic mass is 10.00. The molecule has 1 aromatic rings. The smallest absolute Gasteiger partial charge is 0.407 e. The molecule has 0 unspecified atom stereocenters. The predicted octanol–water partition coefficient (Wildman–Crippen LogP) is 7.98. The van der Waals surface area contributed by atoms with E-state index in [0.717, 1.165) is 29.9 Å². The van der Waals surface area contributed by atoms with Crippen LogP contribution in [-0.2, 0) is 11.2 Å². The first-order valence-electron chi connectivity index (χ1n) is 13.9. The molecule has 1 aromatic carbocycles. The summed E-state index contributed by atoms with van der Waals surface area (Å²) in [6, 6.07) is 6.13. The molecule has 5 heteroatoms. The lowest BCUT2D eigenvalue weighted by molar-refractivity contribution is 0.116. The van der Waals surface area contributed by atoms with Crippen molar-refractivity contribution < 1.29 is 19.0 Å². The summed E-state index contributed by atoms with van der Waals surface area (Å²) in [5.74, 6) is 1.60. The molecular formula is C29H49NO4. The summed E-state index contributed by atoms with van der Waals surface area (Å²) in [6.07, 6.45) is 20.3. The Morgan fingerprint density at radius 2 is 1.38 bits per heavy atom. The number of hydrogen-bond donors (Lipinski definition) is 1. The van der Waals surface area contributed by atoms with Crippen LogP contribution in [-0.4, -0.2) is 32.0 Å². The van der Waals surface area contributed by atoms with Crippen LogP contribution in [0.5, 0.6) is 11.5 Å². The third kappa shape index (κ3) is 12.5. The Kier molecular flexibility index (Phi) is 14.6. The van der Waals surface area contributed by atoms with Gasteiger partial charge in [0, 0.05) is 6.54 Å². The van der Waals surface area contributed by atoms with Crippen LogP contribution in [0.2, 0.25) is 0 Å². The van der Waals surface area contributed by atoms with Crippen molar-refractivity contribution >= 4 is 6.09 Å². The Balaban J connectivity index is 1.88. The number of rotatable bonds is 7. The van der Waals surface area contributed by atoms with Crippen molar-refractivity contribution in [2.75, 3.05) is 13.7 Å². The molecule has 0 spiro atoms. The highest BCUT2D eigenvalue weighted by Crippen LogP contribution is 2.31. The average Bonchev–Trinajstić information content (AvgIpc) is 2.80. The van der Waals surface area contributed by atoms with E-state index in [9.17, 15) is 4.79 Å². The number of hydrogen-bond acceptors (Lipinski definition) is 4. The maximum Gasteiger partial charge on any atom is 0.407 e. The summed E-state index contributed by atoms with van der Waals surface area (Å²) in [7, 11) is 1.70. The molecule has 0 heterocycles. The van der Waals surface area contributed by atoms with Crippen molar-refractivity contribution in [3.63, 3.8) is 0 Å². The average molecular weight is 476 g/mol. The Labute approximate surface area is 208 Å². The van der Waals surface area contributed by atoms with Crippen molar-refractivity contribution in [3.8, 4) is 11.5 Å². The van der Waals surface area contributed by atoms with Crippen LogP contribution in [0.25, 0.3) is 0 Å². The number of carbonyl (C=O) groups is 1. The summed E-state index contributed by atoms with van der Waals surface area (Å²) in [5.41, 5.74) is 1.10. The molecule has 5 nitrogen and oxygen atoms in total. The lowest BCUT2D eigenvalue weighted by Crippen LogP contribution is -2.28. The van der Waals surface area contributed by atoms with Gasteiger partial charge in [-0.15, -0.1) is 0 Å². The lowest BCUT2D eigenvalue weighted by Gasteiger charge is -2.21. The van der Waals surface area contributed by atoms with Gasteiger partial charge in [0.15, 0.2) is 11.5 Å². The number of alkyl carbamates (subject to hydrolysis) is 1. The van der Waals surface area contributed by atoms with E-state index in [-0.39, 0.29) is 18.3 Å². The number of carbonyl (C=O) groups excluding carboxylic acids is 1. The SMILES string of the molecule is COc1cc(CCNC(=O)OC(C)C)ccc1OC1CCCCCCCCCCCCCCC1. The van der Waals surface area contributed by atoms with E-state index in [4.69, 9.17) is 14.2 Å². The highest BCUT2D eigenvalue weighted by Gasteiger charge is 2.15. The normalized spacial score (nSPS) is 17.8. The van der Waals surface area contributed by atoms with E-state index < -0.39 is 0 Å². The first-order valence-corrected chi connectivity index (χ1v) is 13.9. The quantitative estimate of drug-likeness (QED) is 0.434. The van der Waals surface area contributed by atoms with Gasteiger partial charge in [-0.1, -0.05) is 76.7 Å². The largest absolute Gasteiger partial charge is 0.493 e. The van der Waals surface area contributed by atoms with Crippen LogP contribution >= 0.6 is 0 Å². The minimum Gasteiger partial charge on any atom is -0.493 e. The molecule has 34 heavy (non-hydrogen) atoms. The van der Waals surface area contributed by atoms with Crippen LogP contribution in [0.15, 0.2) is 18.2 Å². The number of ether oxygens (including phenoxy) is 3. The Morgan fingerprint density at radius 3 is 1.88 bits per heavy atom. The second-order valence-corrected chi connectivity index (χ2v) is 10.0. The van der Waals surface area contributed by atoms with Crippen LogP contribution in [0, 0.1) is 0 Å². The van der Waals surface area contributed by atoms with Crippen LogP contribution in [0.4, 0.5) is 4.79 Å². The van der Waals surface area contributed by atoms with E-state index in [1.165, 1.54) is 83.5 Å². The fourth-order valence-corrected chi connectivity index (χ4v) is 4.66. The zero-order valence-corrected chi connectivity index (χ0v) is 22.0. The molecule has 0 saturated heterocycles. The van der Waals surface area contributed by atoms with Crippen molar-refractivity contribution in [1.29, 1.82) is 0 Å². The second kappa shape index (κ2) is 17.5. The molecule has 1 saturated carbocycles. The van der Waals surface area contributed by atoms with Gasteiger partial charge >= 0.3 is 6.09 Å². The summed E-state index contributed by atoms with van der Waals surface area (Å²) in [5, 5.41) is 2.80. The van der Waals surface area contributed by atoms with Gasteiger partial charge in [0.25, 0.3) is 0 Å². The van der Waals surface area contributed by atoms with Gasteiger partial charge in [-0.2, -0.15) is 0 Å². The van der Waals surface area contributed by atoms with Gasteiger partial charge in [-0.25, -0.2) is 4.79 Å². The van der Waals surface area contributed by atoms with Gasteiger partial charge in [0.05, 0.1) is 19.3 Å². The molecule has 2 rings (SSSR count). The van der Waals surface area contributed by atoms with Gasteiger partial charge < -0.3 is 19.5 Å². The standard InChI is InChI=1S/C29H49NO4/c1-24(2)33-29(31)30-22-21-25-19-20-27(28(23-25)32-3)34-26-17-15-13-11-9-7-5-4-6-8-10-12-14-16-18-26/h19-20,23-24,26H,4-18,21-22H2,1-3H3,(H,30,31). The molecule has 1 N–H and O–H groups in total. The van der Waals surface area contributed by atoms with Crippen molar-refractivity contribution in [1.82, 2.24) is 5.32 Å². The number of amides is 1. The monoisotopic (exact) mass is 475 g/mol. The molecule has 1 fully saturated rings. The van der Waals surface area contributed by atoms with Gasteiger partial charge in [-0.3, -0.25) is 0 Å². The molecule has 1 aliphatic rings. The maximum atomic E-state index is 11.7. The van der Waals surface area contributed by atoms with E-state index in [0.29, 0.717) is 13.0 Å². The highest BCUT2D eigenvalue weighted by atomic mass is 16.6. The predicted molar refractivity (Wildman–Crippen MR) is 140 cm³/mol. The first-order chi connectivity index (χ1) is 16.6. The third-order valence-electron chi connectivity index (χ3n) is 6.60.